The van der Waals surface area contributed by atoms with Crippen LogP contribution in [0.2, 0.25) is 0 Å². The highest BCUT2D eigenvalue weighted by atomic mass is 16.4. The van der Waals surface area contributed by atoms with Crippen molar-refractivity contribution in [2.75, 3.05) is 5.73 Å². The first-order chi connectivity index (χ1) is 8.82. The number of H-pyrrole nitrogens is 2. The molecule has 7 N–H and O–H groups in total. The predicted molar refractivity (Wildman–Crippen MR) is 69.4 cm³/mol. The molecule has 2 heterocycles. The highest BCUT2D eigenvalue weighted by Gasteiger charge is 2.14. The van der Waals surface area contributed by atoms with Gasteiger partial charge in [0.05, 0.1) is 6.33 Å². The van der Waals surface area contributed by atoms with Crippen molar-refractivity contribution < 1.29 is 9.90 Å². The van der Waals surface area contributed by atoms with Gasteiger partial charge in [0.15, 0.2) is 11.2 Å². The maximum Gasteiger partial charge on any atom is 0.320 e. The molecule has 0 aliphatic rings. The number of hydrogen-bond acceptors (Lipinski definition) is 6. The van der Waals surface area contributed by atoms with E-state index in [1.165, 1.54) is 6.33 Å². The van der Waals surface area contributed by atoms with Crippen molar-refractivity contribution in [1.29, 1.82) is 0 Å². The fourth-order valence-electron chi connectivity index (χ4n) is 1.14. The number of carboxylic acids is 1. The minimum absolute atomic E-state index is 0.0208. The normalized spacial score (nSPS) is 12.0. The fourth-order valence-corrected chi connectivity index (χ4v) is 1.14. The number of aromatic amines is 2. The fraction of sp³-hybridized carbons (Fsp3) is 0.400. The van der Waals surface area contributed by atoms with Gasteiger partial charge in [-0.1, -0.05) is 13.8 Å². The molecule has 104 valence electrons. The molecular formula is C10H16N6O3. The van der Waals surface area contributed by atoms with E-state index in [-0.39, 0.29) is 17.4 Å². The summed E-state index contributed by atoms with van der Waals surface area (Å²) in [4.78, 5) is 33.6. The van der Waals surface area contributed by atoms with E-state index >= 15 is 0 Å². The van der Waals surface area contributed by atoms with Crippen LogP contribution in [-0.2, 0) is 4.79 Å². The van der Waals surface area contributed by atoms with Crippen molar-refractivity contribution in [2.24, 2.45) is 11.7 Å². The van der Waals surface area contributed by atoms with E-state index in [4.69, 9.17) is 16.6 Å². The Balaban J connectivity index is 0.000000203. The zero-order valence-electron chi connectivity index (χ0n) is 10.5. The van der Waals surface area contributed by atoms with Crippen LogP contribution in [0.5, 0.6) is 0 Å². The Morgan fingerprint density at radius 2 is 2.11 bits per heavy atom. The number of carboxylic acid groups (broad SMARTS) is 1. The zero-order chi connectivity index (χ0) is 14.6. The summed E-state index contributed by atoms with van der Waals surface area (Å²) in [5.41, 5.74) is 10.8. The number of aliphatic carboxylic acids is 1. The van der Waals surface area contributed by atoms with Crippen LogP contribution < -0.4 is 17.0 Å². The number of nitrogens with one attached hydrogen (secondary N) is 2. The lowest BCUT2D eigenvalue weighted by molar-refractivity contribution is -0.139. The summed E-state index contributed by atoms with van der Waals surface area (Å²) in [6.07, 6.45) is 1.40. The third-order valence-corrected chi connectivity index (χ3v) is 2.32. The largest absolute Gasteiger partial charge is 0.480 e. The molecular weight excluding hydrogens is 252 g/mol. The van der Waals surface area contributed by atoms with Crippen LogP contribution in [0.1, 0.15) is 13.8 Å². The molecule has 0 bridgehead atoms. The van der Waals surface area contributed by atoms with Gasteiger partial charge >= 0.3 is 5.97 Å². The average Bonchev–Trinajstić information content (AvgIpc) is 2.76. The molecule has 9 nitrogen and oxygen atoms in total. The molecule has 0 unspecified atom stereocenters. The van der Waals surface area contributed by atoms with Crippen molar-refractivity contribution >= 4 is 23.1 Å². The number of fused-ring (bicyclic) bond motifs is 1. The van der Waals surface area contributed by atoms with Gasteiger partial charge in [0.1, 0.15) is 6.04 Å². The number of nitrogen functional groups attached to an aromatic ring is 1. The summed E-state index contributed by atoms with van der Waals surface area (Å²) in [5, 5.41) is 8.23. The van der Waals surface area contributed by atoms with E-state index in [9.17, 15) is 9.59 Å². The molecule has 19 heavy (non-hydrogen) atoms. The van der Waals surface area contributed by atoms with Gasteiger partial charge in [0, 0.05) is 0 Å². The second-order valence-corrected chi connectivity index (χ2v) is 4.16. The number of hydrogen-bond donors (Lipinski definition) is 5. The summed E-state index contributed by atoms with van der Waals surface area (Å²) < 4.78 is 0. The molecule has 2 aromatic heterocycles. The Morgan fingerprint density at radius 1 is 1.47 bits per heavy atom. The lowest BCUT2D eigenvalue weighted by Crippen LogP contribution is -2.34. The molecule has 0 saturated carbocycles. The molecule has 0 amide bonds. The van der Waals surface area contributed by atoms with Crippen molar-refractivity contribution in [3.05, 3.63) is 16.7 Å². The summed E-state index contributed by atoms with van der Waals surface area (Å²) in [6, 6.07) is -0.713. The molecule has 0 radical (unpaired) electrons. The van der Waals surface area contributed by atoms with Crippen LogP contribution in [0.15, 0.2) is 11.1 Å². The highest BCUT2D eigenvalue weighted by molar-refractivity contribution is 5.73. The van der Waals surface area contributed by atoms with E-state index < -0.39 is 12.0 Å². The zero-order valence-corrected chi connectivity index (χ0v) is 10.5. The number of carbonyl (C=O) groups is 1. The third-order valence-electron chi connectivity index (χ3n) is 2.32. The molecule has 9 heteroatoms. The Labute approximate surface area is 108 Å². The van der Waals surface area contributed by atoms with Gasteiger partial charge in [-0.2, -0.15) is 4.98 Å². The van der Waals surface area contributed by atoms with Gasteiger partial charge in [-0.3, -0.25) is 14.6 Å². The van der Waals surface area contributed by atoms with Crippen molar-refractivity contribution in [1.82, 2.24) is 19.9 Å². The van der Waals surface area contributed by atoms with Gasteiger partial charge in [0.25, 0.3) is 5.56 Å². The van der Waals surface area contributed by atoms with Crippen molar-refractivity contribution in [3.63, 3.8) is 0 Å². The summed E-state index contributed by atoms with van der Waals surface area (Å²) in [5.74, 6) is -0.831. The molecule has 0 aliphatic heterocycles. The van der Waals surface area contributed by atoms with Crippen LogP contribution in [0, 0.1) is 5.92 Å². The van der Waals surface area contributed by atoms with E-state index in [2.05, 4.69) is 19.9 Å². The maximum atomic E-state index is 11.0. The van der Waals surface area contributed by atoms with Crippen LogP contribution >= 0.6 is 0 Å². The number of anilines is 1. The molecule has 1 atom stereocenters. The summed E-state index contributed by atoms with van der Waals surface area (Å²) in [7, 11) is 0. The summed E-state index contributed by atoms with van der Waals surface area (Å²) in [6.45, 7) is 3.55. The monoisotopic (exact) mass is 268 g/mol. The van der Waals surface area contributed by atoms with Crippen LogP contribution in [0.25, 0.3) is 11.2 Å². The number of nitrogens with two attached hydrogens (primary N) is 2. The lowest BCUT2D eigenvalue weighted by atomic mass is 10.1. The van der Waals surface area contributed by atoms with Crippen LogP contribution in [0.3, 0.4) is 0 Å². The number of imidazole rings is 1. The Morgan fingerprint density at radius 3 is 2.58 bits per heavy atom. The van der Waals surface area contributed by atoms with Crippen LogP contribution in [-0.4, -0.2) is 37.1 Å². The predicted octanol–water partition coefficient (Wildman–Crippen LogP) is -0.717. The quantitative estimate of drug-likeness (QED) is 0.479. The first-order valence-electron chi connectivity index (χ1n) is 5.50. The van der Waals surface area contributed by atoms with E-state index in [1.54, 1.807) is 13.8 Å². The molecule has 0 saturated heterocycles. The van der Waals surface area contributed by atoms with Crippen molar-refractivity contribution in [2.45, 2.75) is 19.9 Å². The standard InChI is InChI=1S/C5H5N5O.C5H11NO2/c6-5-9-3-2(4(11)10-5)7-1-8-3;1-3(2)4(6)5(7)8/h1H,(H4,6,7,8,9,10,11);3-4H,6H2,1-2H3,(H,7,8)/t;4-/m.0/s1. The Hall–Kier alpha value is -2.42. The van der Waals surface area contributed by atoms with E-state index in [0.29, 0.717) is 11.2 Å². The highest BCUT2D eigenvalue weighted by Crippen LogP contribution is 1.98. The maximum absolute atomic E-state index is 11.0. The molecule has 0 spiro atoms. The summed E-state index contributed by atoms with van der Waals surface area (Å²) >= 11 is 0. The lowest BCUT2D eigenvalue weighted by Gasteiger charge is -2.07. The van der Waals surface area contributed by atoms with Gasteiger partial charge in [0.2, 0.25) is 5.95 Å². The third kappa shape index (κ3) is 3.78. The Bertz CT molecular complexity index is 617. The molecule has 0 aromatic carbocycles. The number of aromatic nitrogens is 4. The molecule has 2 aromatic rings. The van der Waals surface area contributed by atoms with E-state index in [0.717, 1.165) is 0 Å². The minimum Gasteiger partial charge on any atom is -0.480 e. The number of nitrogens with zero attached hydrogens (tertiary/aromatic N) is 2. The van der Waals surface area contributed by atoms with Gasteiger partial charge in [-0.15, -0.1) is 0 Å². The molecule has 0 aliphatic carbocycles. The minimum atomic E-state index is -0.931. The van der Waals surface area contributed by atoms with Gasteiger partial charge in [-0.05, 0) is 5.92 Å². The molecule has 0 fully saturated rings. The molecule has 2 rings (SSSR count). The SMILES string of the molecule is CC(C)[C@H](N)C(=O)O.Nc1nc2nc[nH]c2c(=O)[nH]1. The Kier molecular flexibility index (Phi) is 4.59. The second-order valence-electron chi connectivity index (χ2n) is 4.16. The average molecular weight is 268 g/mol. The second kappa shape index (κ2) is 5.96. The topological polar surface area (TPSA) is 164 Å². The first-order valence-corrected chi connectivity index (χ1v) is 5.50. The smallest absolute Gasteiger partial charge is 0.320 e. The van der Waals surface area contributed by atoms with Crippen molar-refractivity contribution in [3.8, 4) is 0 Å². The first kappa shape index (κ1) is 14.6. The van der Waals surface area contributed by atoms with Gasteiger partial charge in [-0.25, -0.2) is 4.98 Å². The number of rotatable bonds is 2. The van der Waals surface area contributed by atoms with Gasteiger partial charge < -0.3 is 21.6 Å². The van der Waals surface area contributed by atoms with Crippen LogP contribution in [0.4, 0.5) is 5.95 Å². The van der Waals surface area contributed by atoms with E-state index in [1.807, 2.05) is 0 Å².